The molecule has 1 heterocycles. The minimum absolute atomic E-state index is 0.122. The molecule has 2 aromatic rings. The van der Waals surface area contributed by atoms with Crippen LogP contribution in [0.2, 0.25) is 0 Å². The third-order valence-electron chi connectivity index (χ3n) is 2.88. The van der Waals surface area contributed by atoms with E-state index in [9.17, 15) is 4.39 Å². The number of anilines is 1. The summed E-state index contributed by atoms with van der Waals surface area (Å²) in [6, 6.07) is 8.44. The number of aromatic nitrogens is 2. The minimum atomic E-state index is -0.219. The molecule has 1 aromatic carbocycles. The predicted octanol–water partition coefficient (Wildman–Crippen LogP) is 4.19. The first-order valence-electron chi connectivity index (χ1n) is 6.45. The lowest BCUT2D eigenvalue weighted by Crippen LogP contribution is -2.17. The number of nitrogens with zero attached hydrogens (tertiary/aromatic N) is 1. The van der Waals surface area contributed by atoms with Crippen molar-refractivity contribution in [3.8, 4) is 0 Å². The Balaban J connectivity index is 2.20. The summed E-state index contributed by atoms with van der Waals surface area (Å²) in [7, 11) is 0. The van der Waals surface area contributed by atoms with E-state index >= 15 is 0 Å². The molecule has 0 unspecified atom stereocenters. The summed E-state index contributed by atoms with van der Waals surface area (Å²) < 4.78 is 14.1. The van der Waals surface area contributed by atoms with Crippen molar-refractivity contribution in [1.82, 2.24) is 9.97 Å². The molecule has 20 heavy (non-hydrogen) atoms. The van der Waals surface area contributed by atoms with Crippen LogP contribution in [-0.2, 0) is 12.0 Å². The van der Waals surface area contributed by atoms with Gasteiger partial charge in [-0.25, -0.2) is 9.37 Å². The van der Waals surface area contributed by atoms with Crippen LogP contribution in [0.3, 0.4) is 0 Å². The van der Waals surface area contributed by atoms with Crippen LogP contribution in [0.15, 0.2) is 30.3 Å². The molecule has 0 saturated heterocycles. The van der Waals surface area contributed by atoms with Gasteiger partial charge >= 0.3 is 0 Å². The highest BCUT2D eigenvalue weighted by Crippen LogP contribution is 2.19. The Morgan fingerprint density at radius 2 is 2.00 bits per heavy atom. The van der Waals surface area contributed by atoms with Crippen molar-refractivity contribution in [1.29, 1.82) is 0 Å². The maximum absolute atomic E-state index is 13.6. The molecule has 5 heteroatoms. The van der Waals surface area contributed by atoms with E-state index in [1.54, 1.807) is 18.2 Å². The number of rotatable bonds is 3. The summed E-state index contributed by atoms with van der Waals surface area (Å²) in [5.74, 6) is 1.34. The van der Waals surface area contributed by atoms with E-state index in [2.05, 4.69) is 36.1 Å². The van der Waals surface area contributed by atoms with Gasteiger partial charge in [-0.1, -0.05) is 51.2 Å². The highest BCUT2D eigenvalue weighted by Gasteiger charge is 2.16. The number of benzene rings is 1. The van der Waals surface area contributed by atoms with Gasteiger partial charge in [-0.05, 0) is 6.07 Å². The van der Waals surface area contributed by atoms with E-state index in [4.69, 9.17) is 12.2 Å². The molecule has 0 spiro atoms. The van der Waals surface area contributed by atoms with Gasteiger partial charge < -0.3 is 10.3 Å². The van der Waals surface area contributed by atoms with E-state index in [-0.39, 0.29) is 11.2 Å². The van der Waals surface area contributed by atoms with E-state index < -0.39 is 0 Å². The molecule has 0 radical (unpaired) electrons. The lowest BCUT2D eigenvalue weighted by Gasteiger charge is -2.18. The Bertz CT molecular complexity index is 659. The van der Waals surface area contributed by atoms with Gasteiger partial charge in [0.25, 0.3) is 0 Å². The van der Waals surface area contributed by atoms with Crippen LogP contribution >= 0.6 is 12.2 Å². The van der Waals surface area contributed by atoms with E-state index in [1.165, 1.54) is 6.07 Å². The molecule has 2 N–H and O–H groups in total. The number of hydrogen-bond acceptors (Lipinski definition) is 3. The molecule has 1 aromatic heterocycles. The quantitative estimate of drug-likeness (QED) is 0.833. The summed E-state index contributed by atoms with van der Waals surface area (Å²) in [5, 5.41) is 3.15. The maximum Gasteiger partial charge on any atom is 0.131 e. The zero-order valence-corrected chi connectivity index (χ0v) is 12.6. The fraction of sp³-hybridized carbons (Fsp3) is 0.333. The van der Waals surface area contributed by atoms with Gasteiger partial charge in [-0.3, -0.25) is 0 Å². The van der Waals surface area contributed by atoms with Crippen LogP contribution in [0.25, 0.3) is 0 Å². The highest BCUT2D eigenvalue weighted by atomic mass is 32.1. The Morgan fingerprint density at radius 1 is 1.30 bits per heavy atom. The molecule has 0 saturated carbocycles. The van der Waals surface area contributed by atoms with Crippen molar-refractivity contribution < 1.29 is 4.39 Å². The van der Waals surface area contributed by atoms with Gasteiger partial charge in [0.05, 0.1) is 0 Å². The number of halogens is 1. The smallest absolute Gasteiger partial charge is 0.131 e. The third kappa shape index (κ3) is 3.63. The second kappa shape index (κ2) is 5.71. The highest BCUT2D eigenvalue weighted by molar-refractivity contribution is 7.71. The molecule has 106 valence electrons. The first kappa shape index (κ1) is 14.7. The van der Waals surface area contributed by atoms with Gasteiger partial charge in [-0.2, -0.15) is 0 Å². The molecule has 0 aliphatic rings. The summed E-state index contributed by atoms with van der Waals surface area (Å²) in [5.41, 5.74) is 0.490. The van der Waals surface area contributed by atoms with E-state index in [1.807, 2.05) is 6.07 Å². The summed E-state index contributed by atoms with van der Waals surface area (Å²) in [6.07, 6.45) is 0. The Kier molecular flexibility index (Phi) is 4.18. The normalized spacial score (nSPS) is 11.4. The molecule has 0 amide bonds. The molecular weight excluding hydrogens is 273 g/mol. The third-order valence-corrected chi connectivity index (χ3v) is 3.09. The van der Waals surface area contributed by atoms with E-state index in [0.29, 0.717) is 16.7 Å². The fourth-order valence-electron chi connectivity index (χ4n) is 1.74. The fourth-order valence-corrected chi connectivity index (χ4v) is 1.95. The van der Waals surface area contributed by atoms with Gasteiger partial charge in [0.2, 0.25) is 0 Å². The van der Waals surface area contributed by atoms with Crippen molar-refractivity contribution in [2.24, 2.45) is 0 Å². The molecule has 0 aliphatic heterocycles. The monoisotopic (exact) mass is 291 g/mol. The second-order valence-corrected chi connectivity index (χ2v) is 6.09. The zero-order valence-electron chi connectivity index (χ0n) is 11.8. The minimum Gasteiger partial charge on any atom is -0.367 e. The molecule has 0 atom stereocenters. The molecule has 0 bridgehead atoms. The number of aromatic amines is 1. The van der Waals surface area contributed by atoms with Crippen molar-refractivity contribution in [3.63, 3.8) is 0 Å². The van der Waals surface area contributed by atoms with Crippen LogP contribution in [0.5, 0.6) is 0 Å². The summed E-state index contributed by atoms with van der Waals surface area (Å²) in [4.78, 5) is 7.53. The van der Waals surface area contributed by atoms with Crippen LogP contribution in [0, 0.1) is 10.5 Å². The number of H-pyrrole nitrogens is 1. The van der Waals surface area contributed by atoms with Crippen LogP contribution in [-0.4, -0.2) is 9.97 Å². The van der Waals surface area contributed by atoms with Crippen LogP contribution < -0.4 is 5.32 Å². The van der Waals surface area contributed by atoms with Crippen molar-refractivity contribution in [3.05, 3.63) is 52.2 Å². The summed E-state index contributed by atoms with van der Waals surface area (Å²) in [6.45, 7) is 6.56. The van der Waals surface area contributed by atoms with Crippen molar-refractivity contribution >= 4 is 18.0 Å². The van der Waals surface area contributed by atoms with Gasteiger partial charge in [0, 0.05) is 23.6 Å². The van der Waals surface area contributed by atoms with Gasteiger partial charge in [-0.15, -0.1) is 0 Å². The molecule has 3 nitrogen and oxygen atoms in total. The Hall–Kier alpha value is -1.75. The largest absolute Gasteiger partial charge is 0.367 e. The molecule has 0 aliphatic carbocycles. The SMILES string of the molecule is CC(C)(C)c1nc(=S)cc(NCc2ccccc2F)[nH]1. The first-order chi connectivity index (χ1) is 9.36. The van der Waals surface area contributed by atoms with Crippen molar-refractivity contribution in [2.75, 3.05) is 5.32 Å². The van der Waals surface area contributed by atoms with Crippen molar-refractivity contribution in [2.45, 2.75) is 32.7 Å². The first-order valence-corrected chi connectivity index (χ1v) is 6.86. The maximum atomic E-state index is 13.6. The molecular formula is C15H18FN3S. The molecule has 0 fully saturated rings. The summed E-state index contributed by atoms with van der Waals surface area (Å²) >= 11 is 5.17. The lowest BCUT2D eigenvalue weighted by atomic mass is 9.96. The zero-order chi connectivity index (χ0) is 14.8. The number of hydrogen-bond donors (Lipinski definition) is 2. The second-order valence-electron chi connectivity index (χ2n) is 5.68. The average molecular weight is 291 g/mol. The average Bonchev–Trinajstić information content (AvgIpc) is 2.36. The van der Waals surface area contributed by atoms with Crippen LogP contribution in [0.1, 0.15) is 32.2 Å². The van der Waals surface area contributed by atoms with Gasteiger partial charge in [0.15, 0.2) is 0 Å². The van der Waals surface area contributed by atoms with Gasteiger partial charge in [0.1, 0.15) is 22.1 Å². The lowest BCUT2D eigenvalue weighted by molar-refractivity contribution is 0.544. The Morgan fingerprint density at radius 3 is 2.65 bits per heavy atom. The topological polar surface area (TPSA) is 40.7 Å². The number of nitrogens with one attached hydrogen (secondary N) is 2. The Labute approximate surface area is 123 Å². The predicted molar refractivity (Wildman–Crippen MR) is 81.8 cm³/mol. The van der Waals surface area contributed by atoms with Crippen LogP contribution in [0.4, 0.5) is 10.2 Å². The molecule has 2 rings (SSSR count). The van der Waals surface area contributed by atoms with E-state index in [0.717, 1.165) is 11.6 Å². The standard InChI is InChI=1S/C15H18FN3S/c1-15(2,3)14-18-12(8-13(20)19-14)17-9-10-6-4-5-7-11(10)16/h4-8H,9H2,1-3H3,(H2,17,18,19,20).